The van der Waals surface area contributed by atoms with Crippen LogP contribution in [0, 0.1) is 13.8 Å². The lowest BCUT2D eigenvalue weighted by atomic mass is 10.2. The second-order valence-electron chi connectivity index (χ2n) is 4.61. The first-order valence-corrected chi connectivity index (χ1v) is 7.49. The molecule has 21 heavy (non-hydrogen) atoms. The van der Waals surface area contributed by atoms with Gasteiger partial charge < -0.3 is 4.42 Å². The SMILES string of the molecule is Cc1sc(=O)n(Cc2nnc(-c3cccc(Cl)c3)o2)c1C. The lowest BCUT2D eigenvalue weighted by molar-refractivity contribution is 0.484. The molecule has 3 rings (SSSR count). The van der Waals surface area contributed by atoms with Crippen LogP contribution in [0.25, 0.3) is 11.5 Å². The molecular weight excluding hydrogens is 310 g/mol. The van der Waals surface area contributed by atoms with Crippen LogP contribution in [-0.2, 0) is 6.54 Å². The maximum absolute atomic E-state index is 11.9. The van der Waals surface area contributed by atoms with Gasteiger partial charge in [-0.1, -0.05) is 29.0 Å². The van der Waals surface area contributed by atoms with Crippen molar-refractivity contribution in [2.24, 2.45) is 0 Å². The Morgan fingerprint density at radius 3 is 2.81 bits per heavy atom. The standard InChI is InChI=1S/C14H12ClN3O2S/c1-8-9(2)21-14(19)18(8)7-12-16-17-13(20-12)10-4-3-5-11(15)6-10/h3-6H,7H2,1-2H3. The first kappa shape index (κ1) is 14.0. The van der Waals surface area contributed by atoms with Crippen LogP contribution in [0.5, 0.6) is 0 Å². The number of aromatic nitrogens is 3. The first-order chi connectivity index (χ1) is 10.0. The molecule has 2 heterocycles. The van der Waals surface area contributed by atoms with Gasteiger partial charge in [0.1, 0.15) is 6.54 Å². The average Bonchev–Trinajstić information content (AvgIpc) is 3.00. The minimum atomic E-state index is -0.0208. The van der Waals surface area contributed by atoms with Crippen LogP contribution in [0.1, 0.15) is 16.5 Å². The zero-order valence-corrected chi connectivity index (χ0v) is 13.0. The van der Waals surface area contributed by atoms with Gasteiger partial charge in [-0.2, -0.15) is 0 Å². The molecule has 0 saturated heterocycles. The summed E-state index contributed by atoms with van der Waals surface area (Å²) < 4.78 is 7.25. The van der Waals surface area contributed by atoms with E-state index in [0.29, 0.717) is 16.8 Å². The number of hydrogen-bond donors (Lipinski definition) is 0. The highest BCUT2D eigenvalue weighted by atomic mass is 35.5. The molecule has 0 spiro atoms. The number of halogens is 1. The summed E-state index contributed by atoms with van der Waals surface area (Å²) in [6, 6.07) is 7.19. The predicted octanol–water partition coefficient (Wildman–Crippen LogP) is 3.28. The molecule has 0 aliphatic heterocycles. The summed E-state index contributed by atoms with van der Waals surface area (Å²) >= 11 is 7.16. The van der Waals surface area contributed by atoms with Crippen molar-refractivity contribution in [1.82, 2.24) is 14.8 Å². The van der Waals surface area contributed by atoms with Crippen LogP contribution in [0.2, 0.25) is 5.02 Å². The third-order valence-electron chi connectivity index (χ3n) is 3.21. The normalized spacial score (nSPS) is 11.0. The Bertz CT molecular complexity index is 850. The number of nitrogens with zero attached hydrogens (tertiary/aromatic N) is 3. The highest BCUT2D eigenvalue weighted by molar-refractivity contribution is 7.09. The van der Waals surface area contributed by atoms with Gasteiger partial charge >= 0.3 is 4.87 Å². The molecule has 0 atom stereocenters. The topological polar surface area (TPSA) is 60.9 Å². The third kappa shape index (κ3) is 2.77. The predicted molar refractivity (Wildman–Crippen MR) is 81.9 cm³/mol. The van der Waals surface area contributed by atoms with Gasteiger partial charge in [0, 0.05) is 21.2 Å². The molecule has 108 valence electrons. The quantitative estimate of drug-likeness (QED) is 0.742. The molecule has 5 nitrogen and oxygen atoms in total. The second kappa shape index (κ2) is 5.46. The van der Waals surface area contributed by atoms with Crippen molar-refractivity contribution in [3.05, 3.63) is 55.4 Å². The van der Waals surface area contributed by atoms with Gasteiger partial charge in [0.05, 0.1) is 0 Å². The molecule has 0 saturated carbocycles. The third-order valence-corrected chi connectivity index (χ3v) is 4.44. The summed E-state index contributed by atoms with van der Waals surface area (Å²) in [5.74, 6) is 0.790. The van der Waals surface area contributed by atoms with E-state index in [2.05, 4.69) is 10.2 Å². The molecule has 0 N–H and O–H groups in total. The molecule has 1 aromatic carbocycles. The molecule has 0 unspecified atom stereocenters. The first-order valence-electron chi connectivity index (χ1n) is 6.30. The van der Waals surface area contributed by atoms with Crippen molar-refractivity contribution in [2.75, 3.05) is 0 Å². The Balaban J connectivity index is 1.90. The van der Waals surface area contributed by atoms with Crippen molar-refractivity contribution in [3.8, 4) is 11.5 Å². The van der Waals surface area contributed by atoms with Gasteiger partial charge in [0.25, 0.3) is 0 Å². The minimum Gasteiger partial charge on any atom is -0.419 e. The van der Waals surface area contributed by atoms with Crippen LogP contribution in [0.4, 0.5) is 0 Å². The van der Waals surface area contributed by atoms with Crippen LogP contribution < -0.4 is 4.87 Å². The molecule has 0 amide bonds. The maximum atomic E-state index is 11.9. The molecule has 0 aliphatic carbocycles. The Labute approximate surface area is 129 Å². The molecule has 0 radical (unpaired) electrons. The van der Waals surface area contributed by atoms with Crippen LogP contribution in [0.15, 0.2) is 33.5 Å². The summed E-state index contributed by atoms with van der Waals surface area (Å²) in [6.45, 7) is 4.10. The molecule has 2 aromatic heterocycles. The zero-order valence-electron chi connectivity index (χ0n) is 11.5. The molecule has 0 fully saturated rings. The summed E-state index contributed by atoms with van der Waals surface area (Å²) in [5.41, 5.74) is 1.68. The number of thiazole rings is 1. The number of aryl methyl sites for hydroxylation is 1. The lowest BCUT2D eigenvalue weighted by Crippen LogP contribution is -2.15. The fraction of sp³-hybridized carbons (Fsp3) is 0.214. The number of hydrogen-bond acceptors (Lipinski definition) is 5. The Morgan fingerprint density at radius 2 is 2.14 bits per heavy atom. The van der Waals surface area contributed by atoms with Gasteiger partial charge in [-0.15, -0.1) is 10.2 Å². The van der Waals surface area contributed by atoms with E-state index in [0.717, 1.165) is 16.1 Å². The monoisotopic (exact) mass is 321 g/mol. The van der Waals surface area contributed by atoms with Crippen molar-refractivity contribution >= 4 is 22.9 Å². The van der Waals surface area contributed by atoms with E-state index in [9.17, 15) is 4.79 Å². The van der Waals surface area contributed by atoms with Crippen LogP contribution in [-0.4, -0.2) is 14.8 Å². The van der Waals surface area contributed by atoms with E-state index in [1.807, 2.05) is 26.0 Å². The van der Waals surface area contributed by atoms with Crippen LogP contribution >= 0.6 is 22.9 Å². The van der Waals surface area contributed by atoms with Gasteiger partial charge in [-0.25, -0.2) is 0 Å². The van der Waals surface area contributed by atoms with E-state index in [-0.39, 0.29) is 11.4 Å². The van der Waals surface area contributed by atoms with Crippen molar-refractivity contribution in [1.29, 1.82) is 0 Å². The summed E-state index contributed by atoms with van der Waals surface area (Å²) in [7, 11) is 0. The van der Waals surface area contributed by atoms with Crippen molar-refractivity contribution in [3.63, 3.8) is 0 Å². The molecule has 7 heteroatoms. The van der Waals surface area contributed by atoms with Crippen molar-refractivity contribution in [2.45, 2.75) is 20.4 Å². The fourth-order valence-electron chi connectivity index (χ4n) is 1.96. The molecule has 0 aliphatic rings. The highest BCUT2D eigenvalue weighted by Crippen LogP contribution is 2.22. The molecule has 0 bridgehead atoms. The lowest BCUT2D eigenvalue weighted by Gasteiger charge is -2.00. The molecule has 3 aromatic rings. The van der Waals surface area contributed by atoms with E-state index in [1.54, 1.807) is 16.7 Å². The highest BCUT2D eigenvalue weighted by Gasteiger charge is 2.13. The van der Waals surface area contributed by atoms with E-state index < -0.39 is 0 Å². The molecular formula is C14H12ClN3O2S. The largest absolute Gasteiger partial charge is 0.419 e. The second-order valence-corrected chi connectivity index (χ2v) is 6.21. The maximum Gasteiger partial charge on any atom is 0.308 e. The van der Waals surface area contributed by atoms with Crippen LogP contribution in [0.3, 0.4) is 0 Å². The Morgan fingerprint density at radius 1 is 1.33 bits per heavy atom. The summed E-state index contributed by atoms with van der Waals surface area (Å²) in [6.07, 6.45) is 0. The number of rotatable bonds is 3. The zero-order chi connectivity index (χ0) is 15.0. The van der Waals surface area contributed by atoms with E-state index >= 15 is 0 Å². The van der Waals surface area contributed by atoms with Gasteiger partial charge in [-0.3, -0.25) is 9.36 Å². The smallest absolute Gasteiger partial charge is 0.308 e. The van der Waals surface area contributed by atoms with Gasteiger partial charge in [0.15, 0.2) is 0 Å². The fourth-order valence-corrected chi connectivity index (χ4v) is 2.98. The Hall–Kier alpha value is -1.92. The summed E-state index contributed by atoms with van der Waals surface area (Å²) in [4.78, 5) is 12.8. The van der Waals surface area contributed by atoms with E-state index in [1.165, 1.54) is 11.3 Å². The number of benzene rings is 1. The minimum absolute atomic E-state index is 0.0208. The summed E-state index contributed by atoms with van der Waals surface area (Å²) in [5, 5.41) is 8.60. The Kier molecular flexibility index (Phi) is 3.65. The van der Waals surface area contributed by atoms with Crippen molar-refractivity contribution < 1.29 is 4.42 Å². The van der Waals surface area contributed by atoms with E-state index in [4.69, 9.17) is 16.0 Å². The van der Waals surface area contributed by atoms with Gasteiger partial charge in [-0.05, 0) is 32.0 Å². The van der Waals surface area contributed by atoms with Gasteiger partial charge in [0.2, 0.25) is 11.8 Å². The average molecular weight is 322 g/mol.